The zero-order valence-electron chi connectivity index (χ0n) is 21.4. The topological polar surface area (TPSA) is 68.7 Å². The fraction of sp³-hybridized carbons (Fsp3) is 0.167. The van der Waals surface area contributed by atoms with Crippen LogP contribution in [0.15, 0.2) is 96.5 Å². The Balaban J connectivity index is 1.36. The van der Waals surface area contributed by atoms with Gasteiger partial charge in [-0.05, 0) is 72.3 Å². The van der Waals surface area contributed by atoms with Gasteiger partial charge in [0.05, 0.1) is 29.7 Å². The van der Waals surface area contributed by atoms with Crippen molar-refractivity contribution in [2.75, 3.05) is 12.4 Å². The zero-order valence-corrected chi connectivity index (χ0v) is 22.2. The van der Waals surface area contributed by atoms with Crippen LogP contribution in [0.1, 0.15) is 30.7 Å². The first kappa shape index (κ1) is 26.2. The summed E-state index contributed by atoms with van der Waals surface area (Å²) >= 11 is 1.52. The normalized spacial score (nSPS) is 11.4. The average molecular weight is 542 g/mol. The van der Waals surface area contributed by atoms with E-state index in [2.05, 4.69) is 10.1 Å². The van der Waals surface area contributed by atoms with Crippen LogP contribution in [0.2, 0.25) is 0 Å². The van der Waals surface area contributed by atoms with E-state index in [0.29, 0.717) is 17.5 Å². The first-order chi connectivity index (χ1) is 18.9. The van der Waals surface area contributed by atoms with E-state index >= 15 is 0 Å². The highest BCUT2D eigenvalue weighted by Crippen LogP contribution is 2.36. The number of imidazole rings is 1. The van der Waals surface area contributed by atoms with Gasteiger partial charge in [-0.3, -0.25) is 4.57 Å². The van der Waals surface area contributed by atoms with Crippen molar-refractivity contribution < 1.29 is 13.5 Å². The van der Waals surface area contributed by atoms with Crippen LogP contribution in [0.25, 0.3) is 11.4 Å². The Labute approximate surface area is 229 Å². The molecule has 0 amide bonds. The standard InChI is InChI=1S/C30H25F2N5OS/c1-30(2,22-4-13-27(32)21(18-22)19-33)28-20-34-29(37(28)25-7-5-23(31)6-8-25)39-17-16-38-26-11-9-24(10-12-26)36-15-3-14-35-36/h3-15,18,20H,16-17H2,1-2H3. The number of aromatic nitrogens is 4. The summed E-state index contributed by atoms with van der Waals surface area (Å²) in [6, 6.07) is 22.2. The van der Waals surface area contributed by atoms with Gasteiger partial charge in [0, 0.05) is 29.2 Å². The van der Waals surface area contributed by atoms with E-state index in [9.17, 15) is 14.0 Å². The van der Waals surface area contributed by atoms with Crippen LogP contribution in [0.3, 0.4) is 0 Å². The predicted octanol–water partition coefficient (Wildman–Crippen LogP) is 6.70. The van der Waals surface area contributed by atoms with Crippen molar-refractivity contribution in [1.29, 1.82) is 5.26 Å². The minimum absolute atomic E-state index is 0.0159. The summed E-state index contributed by atoms with van der Waals surface area (Å²) in [7, 11) is 0. The second-order valence-corrected chi connectivity index (χ2v) is 10.4. The lowest BCUT2D eigenvalue weighted by Gasteiger charge is -2.27. The van der Waals surface area contributed by atoms with Crippen molar-refractivity contribution >= 4 is 11.8 Å². The van der Waals surface area contributed by atoms with Gasteiger partial charge >= 0.3 is 0 Å². The van der Waals surface area contributed by atoms with Crippen molar-refractivity contribution in [2.45, 2.75) is 24.4 Å². The van der Waals surface area contributed by atoms with Crippen molar-refractivity contribution in [1.82, 2.24) is 19.3 Å². The second-order valence-electron chi connectivity index (χ2n) is 9.31. The molecule has 5 rings (SSSR count). The molecule has 39 heavy (non-hydrogen) atoms. The highest BCUT2D eigenvalue weighted by atomic mass is 32.2. The van der Waals surface area contributed by atoms with Crippen molar-refractivity contribution in [3.8, 4) is 23.2 Å². The van der Waals surface area contributed by atoms with E-state index in [0.717, 1.165) is 28.4 Å². The monoisotopic (exact) mass is 541 g/mol. The van der Waals surface area contributed by atoms with E-state index < -0.39 is 11.2 Å². The largest absolute Gasteiger partial charge is 0.493 e. The number of thioether (sulfide) groups is 1. The van der Waals surface area contributed by atoms with Gasteiger partial charge < -0.3 is 4.74 Å². The van der Waals surface area contributed by atoms with Gasteiger partial charge in [-0.1, -0.05) is 31.7 Å². The average Bonchev–Trinajstić information content (AvgIpc) is 3.63. The smallest absolute Gasteiger partial charge is 0.172 e. The molecular formula is C30H25F2N5OS. The van der Waals surface area contributed by atoms with Crippen LogP contribution in [0, 0.1) is 23.0 Å². The van der Waals surface area contributed by atoms with Crippen LogP contribution in [0.4, 0.5) is 8.78 Å². The lowest BCUT2D eigenvalue weighted by molar-refractivity contribution is 0.344. The molecule has 5 aromatic rings. The maximum Gasteiger partial charge on any atom is 0.172 e. The molecule has 196 valence electrons. The molecule has 0 unspecified atom stereocenters. The van der Waals surface area contributed by atoms with E-state index in [4.69, 9.17) is 4.74 Å². The fourth-order valence-corrected chi connectivity index (χ4v) is 5.08. The third kappa shape index (κ3) is 5.56. The first-order valence-electron chi connectivity index (χ1n) is 12.3. The molecule has 0 aliphatic heterocycles. The van der Waals surface area contributed by atoms with Crippen LogP contribution in [0.5, 0.6) is 5.75 Å². The zero-order chi connectivity index (χ0) is 27.4. The molecule has 0 atom stereocenters. The number of nitrogens with zero attached hydrogens (tertiary/aromatic N) is 5. The number of rotatable bonds is 9. The summed E-state index contributed by atoms with van der Waals surface area (Å²) in [4.78, 5) is 4.68. The van der Waals surface area contributed by atoms with Crippen LogP contribution in [-0.4, -0.2) is 31.7 Å². The Kier molecular flexibility index (Phi) is 7.48. The van der Waals surface area contributed by atoms with Gasteiger partial charge in [0.25, 0.3) is 0 Å². The SMILES string of the molecule is CC(C)(c1ccc(F)c(C#N)c1)c1cnc(SCCOc2ccc(-n3cccn3)cc2)n1-c1ccc(F)cc1. The lowest BCUT2D eigenvalue weighted by Crippen LogP contribution is -2.23. The number of halogens is 2. The Morgan fingerprint density at radius 2 is 1.74 bits per heavy atom. The number of benzene rings is 3. The third-order valence-corrected chi connectivity index (χ3v) is 7.37. The molecule has 0 aliphatic carbocycles. The molecule has 6 nitrogen and oxygen atoms in total. The Bertz CT molecular complexity index is 1610. The summed E-state index contributed by atoms with van der Waals surface area (Å²) in [6.07, 6.45) is 5.38. The minimum Gasteiger partial charge on any atom is -0.493 e. The van der Waals surface area contributed by atoms with E-state index in [1.54, 1.807) is 41.3 Å². The quantitative estimate of drug-likeness (QED) is 0.153. The summed E-state index contributed by atoms with van der Waals surface area (Å²) < 4.78 is 37.5. The Hall–Kier alpha value is -4.42. The summed E-state index contributed by atoms with van der Waals surface area (Å²) in [6.45, 7) is 4.43. The molecule has 3 aromatic carbocycles. The molecular weight excluding hydrogens is 516 g/mol. The van der Waals surface area contributed by atoms with Gasteiger partial charge in [-0.25, -0.2) is 18.4 Å². The van der Waals surface area contributed by atoms with Gasteiger partial charge in [-0.15, -0.1) is 0 Å². The van der Waals surface area contributed by atoms with Crippen LogP contribution >= 0.6 is 11.8 Å². The molecule has 0 saturated heterocycles. The molecule has 2 aromatic heterocycles. The van der Waals surface area contributed by atoms with Gasteiger partial charge in [-0.2, -0.15) is 10.4 Å². The highest BCUT2D eigenvalue weighted by molar-refractivity contribution is 7.99. The van der Waals surface area contributed by atoms with Gasteiger partial charge in [0.15, 0.2) is 5.16 Å². The predicted molar refractivity (Wildman–Crippen MR) is 147 cm³/mol. The second kappa shape index (κ2) is 11.1. The van der Waals surface area contributed by atoms with Crippen molar-refractivity contribution in [2.24, 2.45) is 0 Å². The van der Waals surface area contributed by atoms with Crippen molar-refractivity contribution in [3.63, 3.8) is 0 Å². The molecule has 2 heterocycles. The number of nitriles is 1. The summed E-state index contributed by atoms with van der Waals surface area (Å²) in [5.74, 6) is 0.475. The number of hydrogen-bond donors (Lipinski definition) is 0. The number of hydrogen-bond acceptors (Lipinski definition) is 5. The molecule has 0 radical (unpaired) electrons. The van der Waals surface area contributed by atoms with Crippen LogP contribution in [-0.2, 0) is 5.41 Å². The molecule has 0 saturated carbocycles. The maximum atomic E-state index is 14.0. The molecule has 0 N–H and O–H groups in total. The third-order valence-electron chi connectivity index (χ3n) is 6.45. The molecule has 9 heteroatoms. The molecule has 0 fully saturated rings. The van der Waals surface area contributed by atoms with E-state index in [1.807, 2.05) is 61.0 Å². The van der Waals surface area contributed by atoms with Crippen molar-refractivity contribution in [3.05, 3.63) is 120 Å². The maximum absolute atomic E-state index is 14.0. The fourth-order valence-electron chi connectivity index (χ4n) is 4.27. The Morgan fingerprint density at radius 3 is 2.44 bits per heavy atom. The Morgan fingerprint density at radius 1 is 1.00 bits per heavy atom. The summed E-state index contributed by atoms with van der Waals surface area (Å²) in [5.41, 5.74) is 2.63. The summed E-state index contributed by atoms with van der Waals surface area (Å²) in [5, 5.41) is 14.3. The minimum atomic E-state index is -0.633. The molecule has 0 aliphatic rings. The van der Waals surface area contributed by atoms with E-state index in [-0.39, 0.29) is 11.4 Å². The highest BCUT2D eigenvalue weighted by Gasteiger charge is 2.30. The lowest BCUT2D eigenvalue weighted by atomic mass is 9.81. The molecule has 0 bridgehead atoms. The molecule has 0 spiro atoms. The van der Waals surface area contributed by atoms with E-state index in [1.165, 1.54) is 30.0 Å². The number of ether oxygens (including phenoxy) is 1. The first-order valence-corrected chi connectivity index (χ1v) is 13.3. The van der Waals surface area contributed by atoms with Gasteiger partial charge in [0.1, 0.15) is 23.5 Å². The van der Waals surface area contributed by atoms with Crippen LogP contribution < -0.4 is 4.74 Å². The van der Waals surface area contributed by atoms with Gasteiger partial charge in [0.2, 0.25) is 0 Å².